The first kappa shape index (κ1) is 25.8. The monoisotopic (exact) mass is 498 g/mol. The van der Waals surface area contributed by atoms with Crippen LogP contribution in [0.1, 0.15) is 47.2 Å². The largest absolute Gasteiger partial charge is 0.348 e. The number of sulfonamides is 1. The number of benzene rings is 3. The molecule has 5 nitrogen and oxygen atoms in total. The van der Waals surface area contributed by atoms with Crippen LogP contribution >= 0.6 is 11.6 Å². The highest BCUT2D eigenvalue weighted by molar-refractivity contribution is 7.92. The lowest BCUT2D eigenvalue weighted by Crippen LogP contribution is -2.42. The molecule has 1 N–H and O–H groups in total. The maximum Gasteiger partial charge on any atom is 0.264 e. The van der Waals surface area contributed by atoms with Crippen molar-refractivity contribution in [2.45, 2.75) is 52.0 Å². The van der Waals surface area contributed by atoms with Gasteiger partial charge in [0, 0.05) is 5.02 Å². The van der Waals surface area contributed by atoms with E-state index in [0.29, 0.717) is 17.1 Å². The van der Waals surface area contributed by atoms with Crippen molar-refractivity contribution in [3.05, 3.63) is 93.5 Å². The van der Waals surface area contributed by atoms with E-state index in [1.165, 1.54) is 24.3 Å². The number of rotatable bonds is 8. The van der Waals surface area contributed by atoms with Crippen LogP contribution in [0, 0.1) is 27.7 Å². The minimum atomic E-state index is -4.00. The van der Waals surface area contributed by atoms with Crippen LogP contribution in [0.4, 0.5) is 5.69 Å². The quantitative estimate of drug-likeness (QED) is 0.412. The summed E-state index contributed by atoms with van der Waals surface area (Å²) < 4.78 is 28.4. The second-order valence-corrected chi connectivity index (χ2v) is 10.9. The van der Waals surface area contributed by atoms with Gasteiger partial charge >= 0.3 is 0 Å². The van der Waals surface area contributed by atoms with Gasteiger partial charge in [0.1, 0.15) is 6.54 Å². The molecule has 0 heterocycles. The van der Waals surface area contributed by atoms with E-state index in [-0.39, 0.29) is 23.4 Å². The van der Waals surface area contributed by atoms with Gasteiger partial charge in [0.05, 0.1) is 16.6 Å². The van der Waals surface area contributed by atoms with E-state index in [0.717, 1.165) is 32.1 Å². The van der Waals surface area contributed by atoms with Crippen molar-refractivity contribution in [2.24, 2.45) is 0 Å². The van der Waals surface area contributed by atoms with Crippen LogP contribution < -0.4 is 9.62 Å². The van der Waals surface area contributed by atoms with Crippen LogP contribution in [-0.2, 0) is 14.8 Å². The molecule has 0 aromatic heterocycles. The molecule has 3 aromatic rings. The third-order valence-electron chi connectivity index (χ3n) is 6.01. The van der Waals surface area contributed by atoms with E-state index in [1.54, 1.807) is 12.1 Å². The van der Waals surface area contributed by atoms with Gasteiger partial charge in [-0.25, -0.2) is 8.42 Å². The Kier molecular flexibility index (Phi) is 8.05. The molecule has 1 unspecified atom stereocenters. The van der Waals surface area contributed by atoms with Gasteiger partial charge in [-0.3, -0.25) is 9.10 Å². The third kappa shape index (κ3) is 5.80. The highest BCUT2D eigenvalue weighted by Crippen LogP contribution is 2.27. The Morgan fingerprint density at radius 1 is 0.912 bits per heavy atom. The number of carbonyl (C=O) groups excluding carboxylic acids is 1. The SMILES string of the molecule is CCC(NC(=O)CN(c1ccc(C)c(C)c1)S(=O)(=O)c1ccc(Cl)cc1)c1ccc(C)cc1C. The molecule has 3 rings (SSSR count). The van der Waals surface area contributed by atoms with Crippen LogP contribution in [0.25, 0.3) is 0 Å². The van der Waals surface area contributed by atoms with Gasteiger partial charge in [-0.2, -0.15) is 0 Å². The smallest absolute Gasteiger partial charge is 0.264 e. The van der Waals surface area contributed by atoms with Gasteiger partial charge in [0.15, 0.2) is 0 Å². The number of hydrogen-bond acceptors (Lipinski definition) is 3. The third-order valence-corrected chi connectivity index (χ3v) is 8.05. The van der Waals surface area contributed by atoms with Crippen molar-refractivity contribution in [1.29, 1.82) is 0 Å². The number of nitrogens with one attached hydrogen (secondary N) is 1. The summed E-state index contributed by atoms with van der Waals surface area (Å²) in [4.78, 5) is 13.3. The Labute approximate surface area is 207 Å². The predicted molar refractivity (Wildman–Crippen MR) is 139 cm³/mol. The van der Waals surface area contributed by atoms with Crippen molar-refractivity contribution in [2.75, 3.05) is 10.8 Å². The summed E-state index contributed by atoms with van der Waals surface area (Å²) in [5.41, 5.74) is 5.69. The molecular weight excluding hydrogens is 468 g/mol. The van der Waals surface area contributed by atoms with Gasteiger partial charge in [-0.1, -0.05) is 48.4 Å². The van der Waals surface area contributed by atoms with E-state index in [1.807, 2.05) is 52.8 Å². The molecule has 0 aliphatic rings. The van der Waals surface area contributed by atoms with Crippen LogP contribution in [-0.4, -0.2) is 20.9 Å². The molecule has 180 valence electrons. The molecule has 34 heavy (non-hydrogen) atoms. The zero-order valence-corrected chi connectivity index (χ0v) is 21.8. The maximum atomic E-state index is 13.6. The zero-order chi connectivity index (χ0) is 25.0. The van der Waals surface area contributed by atoms with Crippen LogP contribution in [0.2, 0.25) is 5.02 Å². The number of hydrogen-bond donors (Lipinski definition) is 1. The first-order valence-corrected chi connectivity index (χ1v) is 13.1. The van der Waals surface area contributed by atoms with Crippen molar-refractivity contribution in [1.82, 2.24) is 5.32 Å². The Hall–Kier alpha value is -2.83. The lowest BCUT2D eigenvalue weighted by molar-refractivity contribution is -0.120. The standard InChI is InChI=1S/C27H31ClN2O3S/c1-6-26(25-14-7-18(2)15-21(25)5)29-27(31)17-30(23-11-8-19(3)20(4)16-23)34(32,33)24-12-9-22(28)10-13-24/h7-16,26H,6,17H2,1-5H3,(H,29,31). The number of anilines is 1. The zero-order valence-electron chi connectivity index (χ0n) is 20.2. The summed E-state index contributed by atoms with van der Waals surface area (Å²) in [7, 11) is -4.00. The van der Waals surface area contributed by atoms with E-state index < -0.39 is 10.0 Å². The molecular formula is C27H31ClN2O3S. The van der Waals surface area contributed by atoms with Crippen molar-refractivity contribution in [3.63, 3.8) is 0 Å². The van der Waals surface area contributed by atoms with Crippen LogP contribution in [0.3, 0.4) is 0 Å². The van der Waals surface area contributed by atoms with Crippen molar-refractivity contribution < 1.29 is 13.2 Å². The Balaban J connectivity index is 1.95. The molecule has 7 heteroatoms. The minimum Gasteiger partial charge on any atom is -0.348 e. The van der Waals surface area contributed by atoms with E-state index >= 15 is 0 Å². The van der Waals surface area contributed by atoms with Gasteiger partial charge in [0.25, 0.3) is 10.0 Å². The van der Waals surface area contributed by atoms with Gasteiger partial charge in [-0.15, -0.1) is 0 Å². The molecule has 1 atom stereocenters. The molecule has 0 aliphatic heterocycles. The molecule has 0 fully saturated rings. The summed E-state index contributed by atoms with van der Waals surface area (Å²) in [6, 6.07) is 17.2. The van der Waals surface area contributed by atoms with E-state index in [2.05, 4.69) is 11.4 Å². The minimum absolute atomic E-state index is 0.0735. The molecule has 0 saturated carbocycles. The average molecular weight is 499 g/mol. The lowest BCUT2D eigenvalue weighted by atomic mass is 9.97. The normalized spacial score (nSPS) is 12.3. The first-order valence-electron chi connectivity index (χ1n) is 11.2. The molecule has 0 spiro atoms. The molecule has 0 saturated heterocycles. The van der Waals surface area contributed by atoms with Crippen LogP contribution in [0.5, 0.6) is 0 Å². The van der Waals surface area contributed by atoms with E-state index in [9.17, 15) is 13.2 Å². The van der Waals surface area contributed by atoms with Crippen molar-refractivity contribution in [3.8, 4) is 0 Å². The topological polar surface area (TPSA) is 66.5 Å². The fourth-order valence-electron chi connectivity index (χ4n) is 3.92. The fraction of sp³-hybridized carbons (Fsp3) is 0.296. The fourth-order valence-corrected chi connectivity index (χ4v) is 5.46. The molecule has 3 aromatic carbocycles. The number of nitrogens with zero attached hydrogens (tertiary/aromatic N) is 1. The van der Waals surface area contributed by atoms with E-state index in [4.69, 9.17) is 11.6 Å². The number of amides is 1. The average Bonchev–Trinajstić information content (AvgIpc) is 2.78. The predicted octanol–water partition coefficient (Wildman–Crippen LogP) is 6.04. The summed E-state index contributed by atoms with van der Waals surface area (Å²) >= 11 is 5.96. The summed E-state index contributed by atoms with van der Waals surface area (Å²) in [6.45, 7) is 9.58. The number of carbonyl (C=O) groups is 1. The molecule has 0 aliphatic carbocycles. The molecule has 0 bridgehead atoms. The lowest BCUT2D eigenvalue weighted by Gasteiger charge is -2.26. The number of aryl methyl sites for hydroxylation is 4. The maximum absolute atomic E-state index is 13.6. The highest BCUT2D eigenvalue weighted by atomic mass is 35.5. The second kappa shape index (κ2) is 10.6. The van der Waals surface area contributed by atoms with Crippen molar-refractivity contribution >= 4 is 33.2 Å². The first-order chi connectivity index (χ1) is 16.0. The van der Waals surface area contributed by atoms with Gasteiger partial charge in [-0.05, 0) is 92.8 Å². The summed E-state index contributed by atoms with van der Waals surface area (Å²) in [5, 5.41) is 3.47. The van der Waals surface area contributed by atoms with Crippen LogP contribution in [0.15, 0.2) is 65.6 Å². The number of halogens is 1. The second-order valence-electron chi connectivity index (χ2n) is 8.62. The van der Waals surface area contributed by atoms with Gasteiger partial charge < -0.3 is 5.32 Å². The Morgan fingerprint density at radius 2 is 1.59 bits per heavy atom. The Bertz CT molecular complexity index is 1290. The summed E-state index contributed by atoms with van der Waals surface area (Å²) in [5.74, 6) is -0.373. The summed E-state index contributed by atoms with van der Waals surface area (Å²) in [6.07, 6.45) is 0.684. The highest BCUT2D eigenvalue weighted by Gasteiger charge is 2.28. The molecule has 1 amide bonds. The van der Waals surface area contributed by atoms with Gasteiger partial charge in [0.2, 0.25) is 5.91 Å². The Morgan fingerprint density at radius 3 is 2.18 bits per heavy atom. The molecule has 0 radical (unpaired) electrons.